The second kappa shape index (κ2) is 7.65. The summed E-state index contributed by atoms with van der Waals surface area (Å²) in [6, 6.07) is 14.3. The number of carbonyl (C=O) groups is 1. The van der Waals surface area contributed by atoms with Crippen molar-refractivity contribution >= 4 is 5.97 Å². The standard InChI is InChI=1S/C20H19N3O3/c1-2-3-8-18-21-20(26)22-23(18)13-14-9-11-15(12-10-14)16-6-4-5-7-17(16)19(24)25/h2-7,9-12H,8,13H2,1H3,(H,22,26)(H,24,25). The molecule has 2 aromatic carbocycles. The maximum Gasteiger partial charge on any atom is 0.336 e. The lowest BCUT2D eigenvalue weighted by atomic mass is 9.99. The zero-order valence-electron chi connectivity index (χ0n) is 14.3. The monoisotopic (exact) mass is 349 g/mol. The lowest BCUT2D eigenvalue weighted by molar-refractivity contribution is 0.0697. The largest absolute Gasteiger partial charge is 0.478 e. The number of aromatic nitrogens is 3. The van der Waals surface area contributed by atoms with Crippen LogP contribution >= 0.6 is 0 Å². The van der Waals surface area contributed by atoms with E-state index in [9.17, 15) is 15.0 Å². The molecule has 0 atom stereocenters. The highest BCUT2D eigenvalue weighted by atomic mass is 16.4. The molecule has 0 radical (unpaired) electrons. The van der Waals surface area contributed by atoms with Gasteiger partial charge in [-0.2, -0.15) is 4.98 Å². The highest BCUT2D eigenvalue weighted by Crippen LogP contribution is 2.24. The van der Waals surface area contributed by atoms with Crippen LogP contribution in [0.15, 0.2) is 60.7 Å². The minimum Gasteiger partial charge on any atom is -0.478 e. The molecule has 0 spiro atoms. The molecule has 0 saturated heterocycles. The highest BCUT2D eigenvalue weighted by Gasteiger charge is 2.12. The number of hydrogen-bond donors (Lipinski definition) is 2. The third-order valence-corrected chi connectivity index (χ3v) is 4.03. The van der Waals surface area contributed by atoms with Gasteiger partial charge in [0.1, 0.15) is 5.82 Å². The maximum absolute atomic E-state index is 11.4. The molecule has 0 aliphatic heterocycles. The van der Waals surface area contributed by atoms with Crippen molar-refractivity contribution < 1.29 is 15.0 Å². The summed E-state index contributed by atoms with van der Waals surface area (Å²) in [6.45, 7) is 2.40. The van der Waals surface area contributed by atoms with Crippen molar-refractivity contribution in [2.24, 2.45) is 0 Å². The van der Waals surface area contributed by atoms with E-state index in [0.717, 1.165) is 11.1 Å². The molecule has 0 fully saturated rings. The molecule has 0 bridgehead atoms. The molecule has 1 heterocycles. The Morgan fingerprint density at radius 2 is 1.88 bits per heavy atom. The van der Waals surface area contributed by atoms with Crippen LogP contribution in [-0.4, -0.2) is 30.9 Å². The van der Waals surface area contributed by atoms with E-state index in [4.69, 9.17) is 0 Å². The molecule has 0 saturated carbocycles. The number of aromatic hydroxyl groups is 1. The molecule has 0 unspecified atom stereocenters. The van der Waals surface area contributed by atoms with Crippen LogP contribution in [0.25, 0.3) is 11.1 Å². The Labute approximate surface area is 151 Å². The third kappa shape index (κ3) is 3.80. The van der Waals surface area contributed by atoms with Gasteiger partial charge in [0.25, 0.3) is 0 Å². The Balaban J connectivity index is 1.84. The van der Waals surface area contributed by atoms with E-state index in [2.05, 4.69) is 10.1 Å². The Kier molecular flexibility index (Phi) is 5.12. The number of allylic oxidation sites excluding steroid dienone is 2. The number of carboxylic acids is 1. The zero-order chi connectivity index (χ0) is 18.5. The number of benzene rings is 2. The van der Waals surface area contributed by atoms with Crippen LogP contribution in [0, 0.1) is 0 Å². The quantitative estimate of drug-likeness (QED) is 0.665. The first kappa shape index (κ1) is 17.4. The van der Waals surface area contributed by atoms with Gasteiger partial charge in [0.05, 0.1) is 12.1 Å². The summed E-state index contributed by atoms with van der Waals surface area (Å²) < 4.78 is 1.66. The Bertz CT molecular complexity index is 943. The molecule has 2 N–H and O–H groups in total. The SMILES string of the molecule is CC=CCc1nc(O)nn1Cc1ccc(-c2ccccc2C(=O)O)cc1. The third-order valence-electron chi connectivity index (χ3n) is 4.03. The van der Waals surface area contributed by atoms with Gasteiger partial charge in [-0.25, -0.2) is 9.48 Å². The fraction of sp³-hybridized carbons (Fsp3) is 0.150. The van der Waals surface area contributed by atoms with Crippen molar-refractivity contribution in [1.29, 1.82) is 0 Å². The molecule has 6 heteroatoms. The van der Waals surface area contributed by atoms with Crippen molar-refractivity contribution in [3.8, 4) is 17.1 Å². The smallest absolute Gasteiger partial charge is 0.336 e. The van der Waals surface area contributed by atoms with E-state index in [1.807, 2.05) is 49.4 Å². The average molecular weight is 349 g/mol. The molecule has 26 heavy (non-hydrogen) atoms. The van der Waals surface area contributed by atoms with Gasteiger partial charge >= 0.3 is 12.0 Å². The lowest BCUT2D eigenvalue weighted by Crippen LogP contribution is -2.06. The van der Waals surface area contributed by atoms with Crippen LogP contribution in [0.5, 0.6) is 6.01 Å². The van der Waals surface area contributed by atoms with Gasteiger partial charge in [-0.15, -0.1) is 5.10 Å². The number of hydrogen-bond acceptors (Lipinski definition) is 4. The van der Waals surface area contributed by atoms with E-state index in [-0.39, 0.29) is 11.6 Å². The van der Waals surface area contributed by atoms with Gasteiger partial charge in [-0.05, 0) is 29.7 Å². The Hall–Kier alpha value is -3.41. The Morgan fingerprint density at radius 1 is 1.15 bits per heavy atom. The molecule has 3 rings (SSSR count). The van der Waals surface area contributed by atoms with Crippen LogP contribution in [0.4, 0.5) is 0 Å². The van der Waals surface area contributed by atoms with Crippen molar-refractivity contribution in [1.82, 2.24) is 14.8 Å². The fourth-order valence-electron chi connectivity index (χ4n) is 2.75. The van der Waals surface area contributed by atoms with Gasteiger partial charge in [0.2, 0.25) is 0 Å². The van der Waals surface area contributed by atoms with Gasteiger partial charge in [0, 0.05) is 6.42 Å². The van der Waals surface area contributed by atoms with Crippen LogP contribution in [-0.2, 0) is 13.0 Å². The summed E-state index contributed by atoms with van der Waals surface area (Å²) in [5, 5.41) is 22.9. The lowest BCUT2D eigenvalue weighted by Gasteiger charge is -2.08. The number of aromatic carboxylic acids is 1. The predicted octanol–water partition coefficient (Wildman–Crippen LogP) is 3.52. The van der Waals surface area contributed by atoms with Crippen LogP contribution in [0.3, 0.4) is 0 Å². The molecule has 3 aromatic rings. The fourth-order valence-corrected chi connectivity index (χ4v) is 2.75. The van der Waals surface area contributed by atoms with Crippen molar-refractivity contribution in [2.75, 3.05) is 0 Å². The summed E-state index contributed by atoms with van der Waals surface area (Å²) in [7, 11) is 0. The summed E-state index contributed by atoms with van der Waals surface area (Å²) in [6.07, 6.45) is 4.46. The highest BCUT2D eigenvalue weighted by molar-refractivity contribution is 5.95. The van der Waals surface area contributed by atoms with E-state index >= 15 is 0 Å². The maximum atomic E-state index is 11.4. The normalized spacial score (nSPS) is 11.1. The van der Waals surface area contributed by atoms with E-state index in [1.54, 1.807) is 22.9 Å². The van der Waals surface area contributed by atoms with Gasteiger partial charge in [-0.1, -0.05) is 54.6 Å². The predicted molar refractivity (Wildman–Crippen MR) is 98.1 cm³/mol. The van der Waals surface area contributed by atoms with Crippen molar-refractivity contribution in [3.05, 3.63) is 77.6 Å². The molecule has 6 nitrogen and oxygen atoms in total. The second-order valence-electron chi connectivity index (χ2n) is 5.81. The van der Waals surface area contributed by atoms with Crippen LogP contribution in [0.2, 0.25) is 0 Å². The summed E-state index contributed by atoms with van der Waals surface area (Å²) in [4.78, 5) is 15.4. The minimum atomic E-state index is -0.948. The minimum absolute atomic E-state index is 0.239. The summed E-state index contributed by atoms with van der Waals surface area (Å²) >= 11 is 0. The molecular formula is C20H19N3O3. The van der Waals surface area contributed by atoms with E-state index in [1.165, 1.54) is 0 Å². The van der Waals surface area contributed by atoms with Crippen molar-refractivity contribution in [3.63, 3.8) is 0 Å². The number of carboxylic acid groups (broad SMARTS) is 1. The first-order chi connectivity index (χ1) is 12.6. The van der Waals surface area contributed by atoms with E-state index in [0.29, 0.717) is 24.4 Å². The molecule has 0 amide bonds. The summed E-state index contributed by atoms with van der Waals surface area (Å²) in [5.74, 6) is -0.266. The van der Waals surface area contributed by atoms with Crippen LogP contribution in [0.1, 0.15) is 28.7 Å². The molecular weight excluding hydrogens is 330 g/mol. The van der Waals surface area contributed by atoms with Crippen molar-refractivity contribution in [2.45, 2.75) is 19.9 Å². The average Bonchev–Trinajstić information content (AvgIpc) is 2.99. The molecule has 0 aliphatic rings. The van der Waals surface area contributed by atoms with Gasteiger partial charge in [0.15, 0.2) is 0 Å². The molecule has 0 aliphatic carbocycles. The number of rotatable bonds is 6. The zero-order valence-corrected chi connectivity index (χ0v) is 14.3. The second-order valence-corrected chi connectivity index (χ2v) is 5.81. The van der Waals surface area contributed by atoms with E-state index < -0.39 is 5.97 Å². The molecule has 132 valence electrons. The topological polar surface area (TPSA) is 88.2 Å². The van der Waals surface area contributed by atoms with Crippen LogP contribution < -0.4 is 0 Å². The first-order valence-electron chi connectivity index (χ1n) is 8.24. The first-order valence-corrected chi connectivity index (χ1v) is 8.24. The number of nitrogens with zero attached hydrogens (tertiary/aromatic N) is 3. The Morgan fingerprint density at radius 3 is 2.58 bits per heavy atom. The van der Waals surface area contributed by atoms with Gasteiger partial charge < -0.3 is 10.2 Å². The summed E-state index contributed by atoms with van der Waals surface area (Å²) in [5.41, 5.74) is 2.77. The molecule has 1 aromatic heterocycles. The van der Waals surface area contributed by atoms with Gasteiger partial charge in [-0.3, -0.25) is 0 Å².